The van der Waals surface area contributed by atoms with E-state index in [1.165, 1.54) is 11.3 Å². The molecule has 0 aliphatic rings. The highest BCUT2D eigenvalue weighted by atomic mass is 32.1. The fraction of sp³-hybridized carbons (Fsp3) is 0. The average molecular weight is 154 g/mol. The number of rotatable bonds is 0. The fourth-order valence-corrected chi connectivity index (χ4v) is 1.60. The third-order valence-electron chi connectivity index (χ3n) is 1.30. The monoisotopic (exact) mass is 154 g/mol. The molecule has 4 nitrogen and oxygen atoms in total. The standard InChI is InChI=1S/C5H6N4S/c6-4-5(7)10-3-1-2-8-9(3)4/h1-2H,6-7H2. The number of nitrogens with zero attached hydrogens (tertiary/aromatic N) is 2. The highest BCUT2D eigenvalue weighted by Crippen LogP contribution is 2.26. The lowest BCUT2D eigenvalue weighted by molar-refractivity contribution is 0.990. The Morgan fingerprint density at radius 1 is 1.50 bits per heavy atom. The maximum absolute atomic E-state index is 5.57. The van der Waals surface area contributed by atoms with E-state index in [2.05, 4.69) is 5.10 Å². The Morgan fingerprint density at radius 2 is 2.30 bits per heavy atom. The number of fused-ring (bicyclic) bond motifs is 1. The summed E-state index contributed by atoms with van der Waals surface area (Å²) in [5, 5.41) is 4.59. The number of thiazole rings is 1. The molecule has 0 bridgehead atoms. The number of anilines is 2. The molecule has 0 radical (unpaired) electrons. The van der Waals surface area contributed by atoms with Crippen molar-refractivity contribution in [2.75, 3.05) is 11.5 Å². The summed E-state index contributed by atoms with van der Waals surface area (Å²) in [7, 11) is 0. The molecule has 0 atom stereocenters. The van der Waals surface area contributed by atoms with Crippen LogP contribution >= 0.6 is 11.3 Å². The molecule has 4 N–H and O–H groups in total. The topological polar surface area (TPSA) is 69.3 Å². The van der Waals surface area contributed by atoms with Crippen molar-refractivity contribution in [3.8, 4) is 0 Å². The van der Waals surface area contributed by atoms with Crippen molar-refractivity contribution in [2.45, 2.75) is 0 Å². The second-order valence-electron chi connectivity index (χ2n) is 1.93. The third-order valence-corrected chi connectivity index (χ3v) is 2.25. The molecule has 2 heterocycles. The number of hydrogen-bond acceptors (Lipinski definition) is 4. The molecule has 0 spiro atoms. The van der Waals surface area contributed by atoms with Gasteiger partial charge in [-0.3, -0.25) is 0 Å². The van der Waals surface area contributed by atoms with E-state index in [0.29, 0.717) is 10.8 Å². The highest BCUT2D eigenvalue weighted by Gasteiger charge is 2.04. The van der Waals surface area contributed by atoms with Crippen molar-refractivity contribution in [2.24, 2.45) is 0 Å². The molecule has 10 heavy (non-hydrogen) atoms. The third kappa shape index (κ3) is 0.522. The van der Waals surface area contributed by atoms with Gasteiger partial charge < -0.3 is 11.5 Å². The van der Waals surface area contributed by atoms with Gasteiger partial charge in [-0.05, 0) is 6.07 Å². The average Bonchev–Trinajstić information content (AvgIpc) is 2.41. The molecule has 0 saturated heterocycles. The Bertz CT molecular complexity index is 360. The molecule has 0 aliphatic carbocycles. The summed E-state index contributed by atoms with van der Waals surface area (Å²) in [5.74, 6) is 0.532. The van der Waals surface area contributed by atoms with Gasteiger partial charge >= 0.3 is 0 Å². The van der Waals surface area contributed by atoms with E-state index < -0.39 is 0 Å². The summed E-state index contributed by atoms with van der Waals surface area (Å²) in [6, 6.07) is 1.87. The molecule has 0 amide bonds. The van der Waals surface area contributed by atoms with Crippen LogP contribution in [0.25, 0.3) is 4.83 Å². The van der Waals surface area contributed by atoms with Crippen LogP contribution in [0, 0.1) is 0 Å². The van der Waals surface area contributed by atoms with Gasteiger partial charge in [0.25, 0.3) is 0 Å². The minimum Gasteiger partial charge on any atom is -0.387 e. The largest absolute Gasteiger partial charge is 0.387 e. The van der Waals surface area contributed by atoms with Gasteiger partial charge in [0, 0.05) is 0 Å². The van der Waals surface area contributed by atoms with Crippen molar-refractivity contribution < 1.29 is 0 Å². The zero-order valence-corrected chi connectivity index (χ0v) is 5.93. The Morgan fingerprint density at radius 3 is 3.00 bits per heavy atom. The summed E-state index contributed by atoms with van der Waals surface area (Å²) in [5.41, 5.74) is 11.1. The van der Waals surface area contributed by atoms with Crippen LogP contribution in [0.3, 0.4) is 0 Å². The lowest BCUT2D eigenvalue weighted by Gasteiger charge is -1.86. The van der Waals surface area contributed by atoms with Gasteiger partial charge in [0.05, 0.1) is 6.20 Å². The van der Waals surface area contributed by atoms with Gasteiger partial charge in [-0.2, -0.15) is 5.10 Å². The molecule has 0 aliphatic heterocycles. The van der Waals surface area contributed by atoms with Gasteiger partial charge in [0.15, 0.2) is 5.82 Å². The lowest BCUT2D eigenvalue weighted by Crippen LogP contribution is -1.95. The van der Waals surface area contributed by atoms with Crippen molar-refractivity contribution in [3.63, 3.8) is 0 Å². The molecule has 2 aromatic rings. The van der Waals surface area contributed by atoms with Crippen LogP contribution in [0.5, 0.6) is 0 Å². The van der Waals surface area contributed by atoms with Crippen LogP contribution < -0.4 is 11.5 Å². The first kappa shape index (κ1) is 5.55. The Hall–Kier alpha value is -1.23. The van der Waals surface area contributed by atoms with E-state index in [1.54, 1.807) is 10.7 Å². The van der Waals surface area contributed by atoms with E-state index in [4.69, 9.17) is 11.5 Å². The minimum atomic E-state index is 0.532. The maximum atomic E-state index is 5.57. The van der Waals surface area contributed by atoms with E-state index >= 15 is 0 Å². The molecule has 52 valence electrons. The van der Waals surface area contributed by atoms with Crippen LogP contribution in [0.15, 0.2) is 12.3 Å². The summed E-state index contributed by atoms with van der Waals surface area (Å²) in [4.78, 5) is 0.981. The molecular weight excluding hydrogens is 148 g/mol. The van der Waals surface area contributed by atoms with Crippen LogP contribution in [-0.4, -0.2) is 9.61 Å². The highest BCUT2D eigenvalue weighted by molar-refractivity contribution is 7.21. The van der Waals surface area contributed by atoms with E-state index in [9.17, 15) is 0 Å². The number of aromatic nitrogens is 2. The van der Waals surface area contributed by atoms with Crippen molar-refractivity contribution in [1.82, 2.24) is 9.61 Å². The Balaban J connectivity index is 2.95. The maximum Gasteiger partial charge on any atom is 0.160 e. The van der Waals surface area contributed by atoms with Gasteiger partial charge in [-0.25, -0.2) is 4.52 Å². The number of nitrogens with two attached hydrogens (primary N) is 2. The molecule has 0 unspecified atom stereocenters. The zero-order chi connectivity index (χ0) is 7.14. The first-order chi connectivity index (χ1) is 4.79. The molecule has 0 aromatic carbocycles. The van der Waals surface area contributed by atoms with Gasteiger partial charge in [-0.15, -0.1) is 0 Å². The molecular formula is C5H6N4S. The van der Waals surface area contributed by atoms with Crippen molar-refractivity contribution in [3.05, 3.63) is 12.3 Å². The van der Waals surface area contributed by atoms with E-state index in [-0.39, 0.29) is 0 Å². The predicted octanol–water partition coefficient (Wildman–Crippen LogP) is 0.560. The number of hydrogen-bond donors (Lipinski definition) is 2. The zero-order valence-electron chi connectivity index (χ0n) is 5.11. The Labute approximate surface area is 61.1 Å². The summed E-state index contributed by atoms with van der Waals surface area (Å²) >= 11 is 1.44. The smallest absolute Gasteiger partial charge is 0.160 e. The molecule has 0 saturated carbocycles. The Kier molecular flexibility index (Phi) is 0.906. The molecule has 0 fully saturated rings. The van der Waals surface area contributed by atoms with E-state index in [0.717, 1.165) is 4.83 Å². The van der Waals surface area contributed by atoms with Crippen LogP contribution in [0.1, 0.15) is 0 Å². The minimum absolute atomic E-state index is 0.532. The first-order valence-corrected chi connectivity index (χ1v) is 3.58. The second kappa shape index (κ2) is 1.63. The fourth-order valence-electron chi connectivity index (χ4n) is 0.819. The summed E-state index contributed by atoms with van der Waals surface area (Å²) in [6.45, 7) is 0. The molecule has 2 aromatic heterocycles. The van der Waals surface area contributed by atoms with Crippen molar-refractivity contribution >= 4 is 27.0 Å². The van der Waals surface area contributed by atoms with Crippen LogP contribution in [-0.2, 0) is 0 Å². The SMILES string of the molecule is Nc1sc2ccnn2c1N. The molecule has 2 rings (SSSR count). The number of nitrogen functional groups attached to an aromatic ring is 2. The summed E-state index contributed by atoms with van der Waals surface area (Å²) in [6.07, 6.45) is 1.70. The normalized spacial score (nSPS) is 10.8. The van der Waals surface area contributed by atoms with E-state index in [1.807, 2.05) is 6.07 Å². The van der Waals surface area contributed by atoms with Gasteiger partial charge in [-0.1, -0.05) is 11.3 Å². The van der Waals surface area contributed by atoms with Crippen LogP contribution in [0.4, 0.5) is 10.8 Å². The molecule has 5 heteroatoms. The predicted molar refractivity (Wildman–Crippen MR) is 41.9 cm³/mol. The lowest BCUT2D eigenvalue weighted by atomic mass is 10.7. The van der Waals surface area contributed by atoms with Crippen molar-refractivity contribution in [1.29, 1.82) is 0 Å². The summed E-state index contributed by atoms with van der Waals surface area (Å²) < 4.78 is 1.62. The quantitative estimate of drug-likeness (QED) is 0.582. The van der Waals surface area contributed by atoms with Gasteiger partial charge in [0.2, 0.25) is 0 Å². The van der Waals surface area contributed by atoms with Crippen LogP contribution in [0.2, 0.25) is 0 Å². The van der Waals surface area contributed by atoms with Gasteiger partial charge in [0.1, 0.15) is 9.83 Å². The first-order valence-electron chi connectivity index (χ1n) is 2.76. The second-order valence-corrected chi connectivity index (χ2v) is 3.00.